The summed E-state index contributed by atoms with van der Waals surface area (Å²) in [4.78, 5) is 18.4. The molecule has 0 amide bonds. The van der Waals surface area contributed by atoms with Crippen LogP contribution in [0.25, 0.3) is 78.0 Å². The van der Waals surface area contributed by atoms with Crippen molar-refractivity contribution in [2.24, 2.45) is 0 Å². The fourth-order valence-corrected chi connectivity index (χ4v) is 9.25. The predicted molar refractivity (Wildman–Crippen MR) is 233 cm³/mol. The SMILES string of the molecule is C1=CC2c3ccccc3N(c3cccc(-c4nc(-c5ccccc5)nc(-n5c6ccccc6c6ccc7c8ccccc8n(-c8ccccc8)c7c65)n4)c3)C2C=C1. The number of hydrogen-bond acceptors (Lipinski definition) is 4. The van der Waals surface area contributed by atoms with Gasteiger partial charge in [0.1, 0.15) is 0 Å². The predicted octanol–water partition coefficient (Wildman–Crippen LogP) is 12.1. The van der Waals surface area contributed by atoms with Crippen molar-refractivity contribution in [2.45, 2.75) is 12.0 Å². The van der Waals surface area contributed by atoms with Crippen molar-refractivity contribution in [1.82, 2.24) is 24.1 Å². The molecular weight excluding hydrogens is 697 g/mol. The fourth-order valence-electron chi connectivity index (χ4n) is 9.25. The third-order valence-electron chi connectivity index (χ3n) is 11.7. The van der Waals surface area contributed by atoms with Crippen molar-refractivity contribution in [2.75, 3.05) is 4.90 Å². The van der Waals surface area contributed by atoms with E-state index in [0.717, 1.165) is 55.3 Å². The second kappa shape index (κ2) is 12.5. The minimum absolute atomic E-state index is 0.188. The van der Waals surface area contributed by atoms with E-state index in [1.165, 1.54) is 22.0 Å². The number of anilines is 2. The zero-order valence-electron chi connectivity index (χ0n) is 30.8. The minimum atomic E-state index is 0.188. The highest BCUT2D eigenvalue weighted by molar-refractivity contribution is 6.23. The number of allylic oxidation sites excluding steroid dienone is 2. The maximum absolute atomic E-state index is 5.42. The van der Waals surface area contributed by atoms with Crippen LogP contribution in [0.1, 0.15) is 11.5 Å². The molecule has 2 unspecified atom stereocenters. The molecular formula is C51H34N6. The Morgan fingerprint density at radius 1 is 0.421 bits per heavy atom. The van der Waals surface area contributed by atoms with E-state index in [9.17, 15) is 0 Å². The first-order chi connectivity index (χ1) is 28.3. The van der Waals surface area contributed by atoms with Gasteiger partial charge in [-0.1, -0.05) is 152 Å². The molecule has 0 N–H and O–H groups in total. The standard InChI is InChI=1S/C51H34N6/c1-3-16-33(17-4-1)49-52-50(34-18-15-21-36(32-34)55-43-26-11-7-22-37(43)38-23-8-12-27-44(38)55)54-51(53-49)57-46-29-14-10-25-40(46)42-31-30-41-39-24-9-13-28-45(39)56(47(41)48(42)57)35-19-5-2-6-20-35/h1-32,37,43H. The average Bonchev–Trinajstić information content (AvgIpc) is 3.93. The van der Waals surface area contributed by atoms with Gasteiger partial charge in [0.25, 0.3) is 0 Å². The van der Waals surface area contributed by atoms with Crippen LogP contribution in [0, 0.1) is 0 Å². The second-order valence-electron chi connectivity index (χ2n) is 14.8. The van der Waals surface area contributed by atoms with Gasteiger partial charge in [-0.2, -0.15) is 9.97 Å². The Balaban J connectivity index is 1.14. The van der Waals surface area contributed by atoms with E-state index in [1.807, 2.05) is 18.2 Å². The molecule has 268 valence electrons. The van der Waals surface area contributed by atoms with Gasteiger partial charge in [-0.15, -0.1) is 0 Å². The minimum Gasteiger partial charge on any atom is -0.333 e. The van der Waals surface area contributed by atoms with Gasteiger partial charge in [0.15, 0.2) is 11.6 Å². The Hall–Kier alpha value is -7.57. The van der Waals surface area contributed by atoms with E-state index in [4.69, 9.17) is 15.0 Å². The number of benzene rings is 7. The highest BCUT2D eigenvalue weighted by Crippen LogP contribution is 2.48. The number of nitrogens with zero attached hydrogens (tertiary/aromatic N) is 6. The summed E-state index contributed by atoms with van der Waals surface area (Å²) in [7, 11) is 0. The summed E-state index contributed by atoms with van der Waals surface area (Å²) in [6, 6.07) is 60.3. The molecule has 0 bridgehead atoms. The molecule has 2 aliphatic rings. The van der Waals surface area contributed by atoms with E-state index in [2.05, 4.69) is 190 Å². The summed E-state index contributed by atoms with van der Waals surface area (Å²) < 4.78 is 4.65. The van der Waals surface area contributed by atoms with E-state index in [0.29, 0.717) is 23.5 Å². The van der Waals surface area contributed by atoms with Crippen LogP contribution in [0.2, 0.25) is 0 Å². The highest BCUT2D eigenvalue weighted by atomic mass is 15.2. The molecule has 10 aromatic rings. The zero-order chi connectivity index (χ0) is 37.5. The van der Waals surface area contributed by atoms with Crippen LogP contribution in [0.4, 0.5) is 11.4 Å². The van der Waals surface area contributed by atoms with Crippen LogP contribution in [-0.4, -0.2) is 30.1 Å². The van der Waals surface area contributed by atoms with Crippen molar-refractivity contribution in [1.29, 1.82) is 0 Å². The lowest BCUT2D eigenvalue weighted by molar-refractivity contribution is 0.745. The number of para-hydroxylation sites is 4. The molecule has 0 radical (unpaired) electrons. The van der Waals surface area contributed by atoms with Crippen LogP contribution < -0.4 is 4.90 Å². The van der Waals surface area contributed by atoms with Gasteiger partial charge in [-0.05, 0) is 48.0 Å². The molecule has 57 heavy (non-hydrogen) atoms. The molecule has 0 saturated carbocycles. The molecule has 1 aliphatic carbocycles. The summed E-state index contributed by atoms with van der Waals surface area (Å²) in [5, 5.41) is 4.65. The molecule has 0 spiro atoms. The molecule has 4 heterocycles. The first-order valence-electron chi connectivity index (χ1n) is 19.5. The van der Waals surface area contributed by atoms with Crippen molar-refractivity contribution in [3.63, 3.8) is 0 Å². The van der Waals surface area contributed by atoms with Gasteiger partial charge in [0.05, 0.1) is 28.1 Å². The van der Waals surface area contributed by atoms with E-state index in [-0.39, 0.29) is 6.04 Å². The molecule has 0 saturated heterocycles. The topological polar surface area (TPSA) is 51.8 Å². The Morgan fingerprint density at radius 3 is 1.77 bits per heavy atom. The van der Waals surface area contributed by atoms with Gasteiger partial charge < -0.3 is 9.47 Å². The molecule has 0 fully saturated rings. The van der Waals surface area contributed by atoms with Crippen LogP contribution in [0.5, 0.6) is 0 Å². The number of fused-ring (bicyclic) bond motifs is 10. The van der Waals surface area contributed by atoms with Crippen molar-refractivity contribution < 1.29 is 0 Å². The number of aromatic nitrogens is 5. The van der Waals surface area contributed by atoms with Crippen molar-refractivity contribution in [3.8, 4) is 34.4 Å². The summed E-state index contributed by atoms with van der Waals surface area (Å²) in [5.41, 5.74) is 11.0. The van der Waals surface area contributed by atoms with Crippen LogP contribution >= 0.6 is 0 Å². The normalized spacial score (nSPS) is 15.9. The van der Waals surface area contributed by atoms with Crippen LogP contribution in [-0.2, 0) is 0 Å². The molecule has 1 aliphatic heterocycles. The molecule has 7 aromatic carbocycles. The number of hydrogen-bond donors (Lipinski definition) is 0. The number of rotatable bonds is 5. The molecule has 6 nitrogen and oxygen atoms in total. The Morgan fingerprint density at radius 2 is 1.00 bits per heavy atom. The van der Waals surface area contributed by atoms with Gasteiger partial charge in [0.2, 0.25) is 5.95 Å². The maximum Gasteiger partial charge on any atom is 0.238 e. The van der Waals surface area contributed by atoms with Crippen molar-refractivity contribution >= 4 is 55.0 Å². The van der Waals surface area contributed by atoms with E-state index in [1.54, 1.807) is 0 Å². The first-order valence-corrected chi connectivity index (χ1v) is 19.5. The smallest absolute Gasteiger partial charge is 0.238 e. The van der Waals surface area contributed by atoms with Gasteiger partial charge >= 0.3 is 0 Å². The molecule has 6 heteroatoms. The molecule has 12 rings (SSSR count). The Kier molecular flexibility index (Phi) is 6.95. The zero-order valence-corrected chi connectivity index (χ0v) is 30.8. The fraction of sp³-hybridized carbons (Fsp3) is 0.0392. The second-order valence-corrected chi connectivity index (χ2v) is 14.8. The highest BCUT2D eigenvalue weighted by Gasteiger charge is 2.37. The summed E-state index contributed by atoms with van der Waals surface area (Å²) in [6.45, 7) is 0. The molecule has 2 atom stereocenters. The van der Waals surface area contributed by atoms with E-state index >= 15 is 0 Å². The average molecular weight is 731 g/mol. The van der Waals surface area contributed by atoms with Crippen LogP contribution in [0.15, 0.2) is 194 Å². The lowest BCUT2D eigenvalue weighted by Gasteiger charge is -2.29. The summed E-state index contributed by atoms with van der Waals surface area (Å²) in [5.74, 6) is 2.10. The summed E-state index contributed by atoms with van der Waals surface area (Å²) >= 11 is 0. The monoisotopic (exact) mass is 730 g/mol. The van der Waals surface area contributed by atoms with E-state index < -0.39 is 0 Å². The lowest BCUT2D eigenvalue weighted by Crippen LogP contribution is -2.28. The van der Waals surface area contributed by atoms with Crippen LogP contribution in [0.3, 0.4) is 0 Å². The maximum atomic E-state index is 5.42. The largest absolute Gasteiger partial charge is 0.333 e. The third kappa shape index (κ3) is 4.80. The lowest BCUT2D eigenvalue weighted by atomic mass is 9.91. The Bertz CT molecular complexity index is 3260. The van der Waals surface area contributed by atoms with Crippen molar-refractivity contribution in [3.05, 3.63) is 200 Å². The third-order valence-corrected chi connectivity index (χ3v) is 11.7. The van der Waals surface area contributed by atoms with Gasteiger partial charge in [-0.25, -0.2) is 4.98 Å². The quantitative estimate of drug-likeness (QED) is 0.177. The first kappa shape index (κ1) is 31.7. The Labute approximate surface area is 328 Å². The van der Waals surface area contributed by atoms with Gasteiger partial charge in [0, 0.05) is 55.7 Å². The van der Waals surface area contributed by atoms with Gasteiger partial charge in [-0.3, -0.25) is 4.57 Å². The summed E-state index contributed by atoms with van der Waals surface area (Å²) in [6.07, 6.45) is 8.95. The molecule has 3 aromatic heterocycles.